The Morgan fingerprint density at radius 1 is 0.842 bits per heavy atom. The molecule has 0 aliphatic heterocycles. The molecule has 4 heteroatoms. The smallest absolute Gasteiger partial charge is 0.308 e. The van der Waals surface area contributed by atoms with Crippen LogP contribution in [0, 0.1) is 11.8 Å². The fraction of sp³-hybridized carbons (Fsp3) is 0.867. The Morgan fingerprint density at radius 2 is 1.26 bits per heavy atom. The molecule has 0 saturated heterocycles. The summed E-state index contributed by atoms with van der Waals surface area (Å²) in [6, 6.07) is 0. The highest BCUT2D eigenvalue weighted by atomic mass is 16.5. The lowest BCUT2D eigenvalue weighted by Gasteiger charge is -2.07. The van der Waals surface area contributed by atoms with Crippen molar-refractivity contribution in [1.29, 1.82) is 0 Å². The molecule has 0 radical (unpaired) electrons. The van der Waals surface area contributed by atoms with Gasteiger partial charge in [-0.25, -0.2) is 0 Å². The number of carbonyl (C=O) groups is 2. The average molecular weight is 274 g/mol. The van der Waals surface area contributed by atoms with Crippen LogP contribution in [0.4, 0.5) is 0 Å². The van der Waals surface area contributed by atoms with Crippen molar-refractivity contribution in [2.45, 2.75) is 60.8 Å². The minimum Gasteiger partial charge on any atom is -0.466 e. The predicted molar refractivity (Wildman–Crippen MR) is 76.8 cm³/mol. The van der Waals surface area contributed by atoms with E-state index in [0.29, 0.717) is 13.2 Å². The third-order valence-electron chi connectivity index (χ3n) is 2.76. The zero-order valence-electron chi connectivity index (χ0n) is 13.3. The molecule has 0 aliphatic rings. The van der Waals surface area contributed by atoms with Crippen LogP contribution in [-0.4, -0.2) is 25.2 Å². The summed E-state index contributed by atoms with van der Waals surface area (Å²) in [4.78, 5) is 21.7. The normalized spacial score (nSPS) is 12.7. The topological polar surface area (TPSA) is 52.6 Å². The first-order chi connectivity index (χ1) is 8.94. The maximum Gasteiger partial charge on any atom is 0.308 e. The summed E-state index contributed by atoms with van der Waals surface area (Å²) in [7, 11) is 0. The van der Waals surface area contributed by atoms with Crippen molar-refractivity contribution in [2.24, 2.45) is 11.8 Å². The Morgan fingerprint density at radius 3 is 1.58 bits per heavy atom. The fourth-order valence-electron chi connectivity index (χ4n) is 0.963. The molecule has 0 bridgehead atoms. The lowest BCUT2D eigenvalue weighted by Crippen LogP contribution is -2.14. The summed E-state index contributed by atoms with van der Waals surface area (Å²) in [5, 5.41) is 0. The highest BCUT2D eigenvalue weighted by Gasteiger charge is 2.10. The SMILES string of the molecule is CCCOC(=O)C(C)CC.CCOC(=O)C(C)CC. The highest BCUT2D eigenvalue weighted by Crippen LogP contribution is 2.03. The van der Waals surface area contributed by atoms with E-state index < -0.39 is 0 Å². The minimum absolute atomic E-state index is 0.0601. The Balaban J connectivity index is 0. The van der Waals surface area contributed by atoms with Gasteiger partial charge in [-0.15, -0.1) is 0 Å². The molecular weight excluding hydrogens is 244 g/mol. The van der Waals surface area contributed by atoms with Gasteiger partial charge in [0.05, 0.1) is 25.0 Å². The second-order valence-electron chi connectivity index (χ2n) is 4.54. The van der Waals surface area contributed by atoms with E-state index >= 15 is 0 Å². The summed E-state index contributed by atoms with van der Waals surface area (Å²) < 4.78 is 9.66. The quantitative estimate of drug-likeness (QED) is 0.666. The van der Waals surface area contributed by atoms with Crippen LogP contribution in [0.25, 0.3) is 0 Å². The largest absolute Gasteiger partial charge is 0.466 e. The van der Waals surface area contributed by atoms with Gasteiger partial charge in [0, 0.05) is 0 Å². The van der Waals surface area contributed by atoms with Gasteiger partial charge in [0.15, 0.2) is 0 Å². The summed E-state index contributed by atoms with van der Waals surface area (Å²) in [5.74, 6) is -0.0270. The van der Waals surface area contributed by atoms with E-state index in [-0.39, 0.29) is 23.8 Å². The molecule has 0 heterocycles. The molecule has 0 aliphatic carbocycles. The van der Waals surface area contributed by atoms with Crippen molar-refractivity contribution in [2.75, 3.05) is 13.2 Å². The Labute approximate surface area is 117 Å². The van der Waals surface area contributed by atoms with Gasteiger partial charge in [0.25, 0.3) is 0 Å². The van der Waals surface area contributed by atoms with Crippen molar-refractivity contribution in [1.82, 2.24) is 0 Å². The molecule has 19 heavy (non-hydrogen) atoms. The van der Waals surface area contributed by atoms with Crippen LogP contribution in [0.1, 0.15) is 60.8 Å². The molecule has 0 fully saturated rings. The molecule has 114 valence electrons. The number of hydrogen-bond acceptors (Lipinski definition) is 4. The van der Waals surface area contributed by atoms with E-state index in [4.69, 9.17) is 9.47 Å². The standard InChI is InChI=1S/C8H16O2.C7H14O2/c1-4-6-10-8(9)7(3)5-2;1-4-6(3)7(8)9-5-2/h7H,4-6H2,1-3H3;6H,4-5H2,1-3H3. The summed E-state index contributed by atoms with van der Waals surface area (Å²) in [6.45, 7) is 12.6. The Kier molecular flexibility index (Phi) is 14.3. The second kappa shape index (κ2) is 13.4. The van der Waals surface area contributed by atoms with Gasteiger partial charge >= 0.3 is 11.9 Å². The molecular formula is C15H30O4. The first-order valence-corrected chi connectivity index (χ1v) is 7.27. The summed E-state index contributed by atoms with van der Waals surface area (Å²) in [6.07, 6.45) is 2.63. The number of hydrogen-bond donors (Lipinski definition) is 0. The number of ether oxygens (including phenoxy) is 2. The monoisotopic (exact) mass is 274 g/mol. The lowest BCUT2D eigenvalue weighted by molar-refractivity contribution is -0.148. The van der Waals surface area contributed by atoms with Crippen LogP contribution < -0.4 is 0 Å². The third kappa shape index (κ3) is 11.7. The zero-order chi connectivity index (χ0) is 15.3. The molecule has 4 nitrogen and oxygen atoms in total. The van der Waals surface area contributed by atoms with Gasteiger partial charge in [0.1, 0.15) is 0 Å². The van der Waals surface area contributed by atoms with E-state index in [1.807, 2.05) is 41.5 Å². The van der Waals surface area contributed by atoms with Gasteiger partial charge in [-0.2, -0.15) is 0 Å². The van der Waals surface area contributed by atoms with Crippen LogP contribution in [0.2, 0.25) is 0 Å². The highest BCUT2D eigenvalue weighted by molar-refractivity contribution is 5.72. The van der Waals surface area contributed by atoms with Crippen LogP contribution in [-0.2, 0) is 19.1 Å². The molecule has 0 amide bonds. The molecule has 2 atom stereocenters. The van der Waals surface area contributed by atoms with Gasteiger partial charge in [-0.1, -0.05) is 34.6 Å². The maximum absolute atomic E-state index is 10.9. The molecule has 2 unspecified atom stereocenters. The second-order valence-corrected chi connectivity index (χ2v) is 4.54. The van der Waals surface area contributed by atoms with E-state index in [1.165, 1.54) is 0 Å². The Bertz CT molecular complexity index is 238. The van der Waals surface area contributed by atoms with Crippen LogP contribution in [0.15, 0.2) is 0 Å². The van der Waals surface area contributed by atoms with Gasteiger partial charge in [0.2, 0.25) is 0 Å². The lowest BCUT2D eigenvalue weighted by atomic mass is 10.1. The molecule has 0 N–H and O–H groups in total. The first-order valence-electron chi connectivity index (χ1n) is 7.27. The van der Waals surface area contributed by atoms with Crippen molar-refractivity contribution < 1.29 is 19.1 Å². The van der Waals surface area contributed by atoms with Crippen LogP contribution in [0.5, 0.6) is 0 Å². The van der Waals surface area contributed by atoms with Gasteiger partial charge < -0.3 is 9.47 Å². The first kappa shape index (κ1) is 20.3. The average Bonchev–Trinajstić information content (AvgIpc) is 2.43. The van der Waals surface area contributed by atoms with Gasteiger partial charge in [-0.3, -0.25) is 9.59 Å². The van der Waals surface area contributed by atoms with Crippen LogP contribution in [0.3, 0.4) is 0 Å². The number of carbonyl (C=O) groups excluding carboxylic acids is 2. The van der Waals surface area contributed by atoms with E-state index in [1.54, 1.807) is 0 Å². The van der Waals surface area contributed by atoms with E-state index in [0.717, 1.165) is 19.3 Å². The fourth-order valence-corrected chi connectivity index (χ4v) is 0.963. The molecule has 0 spiro atoms. The van der Waals surface area contributed by atoms with Crippen molar-refractivity contribution in [3.8, 4) is 0 Å². The number of rotatable bonds is 7. The molecule has 0 aromatic carbocycles. The van der Waals surface area contributed by atoms with Gasteiger partial charge in [-0.05, 0) is 26.2 Å². The minimum atomic E-state index is -0.0833. The summed E-state index contributed by atoms with van der Waals surface area (Å²) >= 11 is 0. The van der Waals surface area contributed by atoms with E-state index in [9.17, 15) is 9.59 Å². The third-order valence-corrected chi connectivity index (χ3v) is 2.76. The molecule has 0 aromatic heterocycles. The summed E-state index contributed by atoms with van der Waals surface area (Å²) in [5.41, 5.74) is 0. The van der Waals surface area contributed by atoms with Crippen molar-refractivity contribution >= 4 is 11.9 Å². The zero-order valence-corrected chi connectivity index (χ0v) is 13.3. The number of esters is 2. The van der Waals surface area contributed by atoms with Crippen molar-refractivity contribution in [3.63, 3.8) is 0 Å². The Hall–Kier alpha value is -1.06. The molecule has 0 saturated carbocycles. The predicted octanol–water partition coefficient (Wildman–Crippen LogP) is 3.58. The molecule has 0 aromatic rings. The molecule has 0 rings (SSSR count). The maximum atomic E-state index is 10.9. The van der Waals surface area contributed by atoms with E-state index in [2.05, 4.69) is 0 Å². The van der Waals surface area contributed by atoms with Crippen molar-refractivity contribution in [3.05, 3.63) is 0 Å². The van der Waals surface area contributed by atoms with Crippen LogP contribution >= 0.6 is 0 Å².